The highest BCUT2D eigenvalue weighted by Crippen LogP contribution is 2.36. The topological polar surface area (TPSA) is 54.2 Å². The van der Waals surface area contributed by atoms with Gasteiger partial charge in [0.05, 0.1) is 12.7 Å². The van der Waals surface area contributed by atoms with Crippen LogP contribution in [0.25, 0.3) is 0 Å². The van der Waals surface area contributed by atoms with Gasteiger partial charge in [0.1, 0.15) is 0 Å². The molecule has 7 heteroatoms. The van der Waals surface area contributed by atoms with E-state index in [4.69, 9.17) is 0 Å². The molecule has 0 radical (unpaired) electrons. The van der Waals surface area contributed by atoms with Crippen LogP contribution < -0.4 is 10.6 Å². The van der Waals surface area contributed by atoms with Gasteiger partial charge in [0.25, 0.3) is 0 Å². The molecular weight excluding hydrogens is 457 g/mol. The Balaban J connectivity index is 0.00000243. The lowest BCUT2D eigenvalue weighted by Crippen LogP contribution is -2.43. The Morgan fingerprint density at radius 1 is 1.27 bits per heavy atom. The second-order valence-electron chi connectivity index (χ2n) is 6.71. The first-order chi connectivity index (χ1) is 12.2. The van der Waals surface area contributed by atoms with Crippen LogP contribution in [0.2, 0.25) is 0 Å². The summed E-state index contributed by atoms with van der Waals surface area (Å²) in [7, 11) is 1.82. The molecule has 0 saturated carbocycles. The fraction of sp³-hybridized carbons (Fsp3) is 0.474. The molecule has 1 unspecified atom stereocenters. The zero-order chi connectivity index (χ0) is 17.5. The number of nitrogens with zero attached hydrogens (tertiary/aromatic N) is 3. The molecule has 3 rings (SSSR count). The normalized spacial score (nSPS) is 19.8. The van der Waals surface area contributed by atoms with Crippen molar-refractivity contribution >= 4 is 41.7 Å². The molecule has 1 aliphatic rings. The van der Waals surface area contributed by atoms with E-state index in [1.165, 1.54) is 24.2 Å². The molecule has 0 aliphatic carbocycles. The van der Waals surface area contributed by atoms with Crippen molar-refractivity contribution in [3.05, 3.63) is 53.9 Å². The third kappa shape index (κ3) is 6.19. The first kappa shape index (κ1) is 21.1. The molecule has 0 bridgehead atoms. The average molecular weight is 485 g/mol. The number of nitrogens with one attached hydrogen (secondary N) is 2. The number of halogens is 1. The molecule has 1 fully saturated rings. The fourth-order valence-electron chi connectivity index (χ4n) is 3.01. The summed E-state index contributed by atoms with van der Waals surface area (Å²) < 4.78 is 2.30. The van der Waals surface area contributed by atoms with Crippen LogP contribution in [0.5, 0.6) is 0 Å². The Labute approximate surface area is 177 Å². The molecule has 1 aromatic heterocycles. The SMILES string of the molecule is CN=C(NCc1cnn(Cc2ccccc2)c1)NCC1(C)CCCS1.I. The lowest BCUT2D eigenvalue weighted by atomic mass is 10.1. The van der Waals surface area contributed by atoms with Crippen LogP contribution in [0.1, 0.15) is 30.9 Å². The zero-order valence-electron chi connectivity index (χ0n) is 15.4. The molecule has 2 N–H and O–H groups in total. The lowest BCUT2D eigenvalue weighted by Gasteiger charge is -2.24. The number of aromatic nitrogens is 2. The summed E-state index contributed by atoms with van der Waals surface area (Å²) in [6.45, 7) is 4.80. The predicted octanol–water partition coefficient (Wildman–Crippen LogP) is 3.50. The van der Waals surface area contributed by atoms with E-state index in [0.717, 1.165) is 31.2 Å². The first-order valence-electron chi connectivity index (χ1n) is 8.81. The van der Waals surface area contributed by atoms with Crippen molar-refractivity contribution < 1.29 is 0 Å². The van der Waals surface area contributed by atoms with Gasteiger partial charge in [-0.3, -0.25) is 9.67 Å². The maximum atomic E-state index is 4.45. The highest BCUT2D eigenvalue weighted by molar-refractivity contribution is 14.0. The minimum Gasteiger partial charge on any atom is -0.355 e. The summed E-state index contributed by atoms with van der Waals surface area (Å²) in [6, 6.07) is 10.4. The van der Waals surface area contributed by atoms with E-state index in [1.807, 2.05) is 24.0 Å². The Bertz CT molecular complexity index is 695. The second kappa shape index (κ2) is 10.2. The van der Waals surface area contributed by atoms with Gasteiger partial charge in [-0.15, -0.1) is 24.0 Å². The third-order valence-corrected chi connectivity index (χ3v) is 6.03. The Kier molecular flexibility index (Phi) is 8.27. The molecule has 1 aliphatic heterocycles. The monoisotopic (exact) mass is 485 g/mol. The van der Waals surface area contributed by atoms with Crippen LogP contribution in [0, 0.1) is 0 Å². The van der Waals surface area contributed by atoms with E-state index < -0.39 is 0 Å². The largest absolute Gasteiger partial charge is 0.355 e. The maximum Gasteiger partial charge on any atom is 0.191 e. The average Bonchev–Trinajstić information content (AvgIpc) is 3.26. The van der Waals surface area contributed by atoms with Crippen molar-refractivity contribution in [2.75, 3.05) is 19.3 Å². The van der Waals surface area contributed by atoms with E-state index in [9.17, 15) is 0 Å². The van der Waals surface area contributed by atoms with Crippen molar-refractivity contribution in [2.45, 2.75) is 37.6 Å². The molecule has 0 spiro atoms. The standard InChI is InChI=1S/C19H27N5S.HI/c1-19(9-6-10-25-19)15-22-18(20-2)21-11-17-12-23-24(14-17)13-16-7-4-3-5-8-16;/h3-5,7-8,12,14H,6,9-11,13,15H2,1-2H3,(H2,20,21,22);1H. The summed E-state index contributed by atoms with van der Waals surface area (Å²) in [5.74, 6) is 2.12. The Morgan fingerprint density at radius 3 is 2.77 bits per heavy atom. The molecule has 1 saturated heterocycles. The molecule has 5 nitrogen and oxygen atoms in total. The Morgan fingerprint density at radius 2 is 2.08 bits per heavy atom. The van der Waals surface area contributed by atoms with Crippen LogP contribution in [0.3, 0.4) is 0 Å². The second-order valence-corrected chi connectivity index (χ2v) is 8.40. The van der Waals surface area contributed by atoms with Gasteiger partial charge in [-0.25, -0.2) is 0 Å². The van der Waals surface area contributed by atoms with Crippen molar-refractivity contribution in [1.82, 2.24) is 20.4 Å². The molecule has 26 heavy (non-hydrogen) atoms. The third-order valence-electron chi connectivity index (χ3n) is 4.49. The van der Waals surface area contributed by atoms with Crippen LogP contribution in [0.15, 0.2) is 47.7 Å². The van der Waals surface area contributed by atoms with Crippen molar-refractivity contribution in [1.29, 1.82) is 0 Å². The summed E-state index contributed by atoms with van der Waals surface area (Å²) in [6.07, 6.45) is 6.59. The molecule has 2 aromatic rings. The lowest BCUT2D eigenvalue weighted by molar-refractivity contribution is 0.584. The highest BCUT2D eigenvalue weighted by Gasteiger charge is 2.29. The Hall–Kier alpha value is -1.22. The van der Waals surface area contributed by atoms with E-state index in [1.54, 1.807) is 0 Å². The fourth-order valence-corrected chi connectivity index (χ4v) is 4.25. The highest BCUT2D eigenvalue weighted by atomic mass is 127. The van der Waals surface area contributed by atoms with Crippen molar-refractivity contribution in [3.63, 3.8) is 0 Å². The summed E-state index contributed by atoms with van der Waals surface area (Å²) in [5.41, 5.74) is 2.41. The van der Waals surface area contributed by atoms with E-state index in [2.05, 4.69) is 69.9 Å². The van der Waals surface area contributed by atoms with Gasteiger partial charge in [0.2, 0.25) is 0 Å². The van der Waals surface area contributed by atoms with E-state index in [-0.39, 0.29) is 24.0 Å². The van der Waals surface area contributed by atoms with Crippen LogP contribution >= 0.6 is 35.7 Å². The van der Waals surface area contributed by atoms with Gasteiger partial charge < -0.3 is 10.6 Å². The van der Waals surface area contributed by atoms with Gasteiger partial charge in [-0.2, -0.15) is 16.9 Å². The predicted molar refractivity (Wildman–Crippen MR) is 121 cm³/mol. The first-order valence-corrected chi connectivity index (χ1v) is 9.79. The number of hydrogen-bond acceptors (Lipinski definition) is 3. The van der Waals surface area contributed by atoms with Gasteiger partial charge >= 0.3 is 0 Å². The molecule has 0 amide bonds. The summed E-state index contributed by atoms with van der Waals surface area (Å²) >= 11 is 2.06. The maximum absolute atomic E-state index is 4.45. The minimum absolute atomic E-state index is 0. The van der Waals surface area contributed by atoms with Gasteiger partial charge in [-0.05, 0) is 31.1 Å². The molecule has 1 aromatic carbocycles. The number of aliphatic imine (C=N–C) groups is 1. The van der Waals surface area contributed by atoms with Gasteiger partial charge in [0, 0.05) is 36.6 Å². The quantitative estimate of drug-likeness (QED) is 0.374. The summed E-state index contributed by atoms with van der Waals surface area (Å²) in [5, 5.41) is 11.3. The number of guanidine groups is 1. The van der Waals surface area contributed by atoms with Crippen LogP contribution in [-0.2, 0) is 13.1 Å². The molecule has 1 atom stereocenters. The summed E-state index contributed by atoms with van der Waals surface area (Å²) in [4.78, 5) is 4.33. The van der Waals surface area contributed by atoms with Gasteiger partial charge in [0.15, 0.2) is 5.96 Å². The number of rotatable bonds is 6. The van der Waals surface area contributed by atoms with E-state index >= 15 is 0 Å². The molecular formula is C19H28IN5S. The van der Waals surface area contributed by atoms with Crippen LogP contribution in [-0.4, -0.2) is 39.8 Å². The van der Waals surface area contributed by atoms with Crippen LogP contribution in [0.4, 0.5) is 0 Å². The van der Waals surface area contributed by atoms with E-state index in [0.29, 0.717) is 4.75 Å². The molecule has 2 heterocycles. The minimum atomic E-state index is 0. The smallest absolute Gasteiger partial charge is 0.191 e. The van der Waals surface area contributed by atoms with Crippen molar-refractivity contribution in [3.8, 4) is 0 Å². The molecule has 142 valence electrons. The zero-order valence-corrected chi connectivity index (χ0v) is 18.6. The number of thioether (sulfide) groups is 1. The number of hydrogen-bond donors (Lipinski definition) is 2. The number of benzene rings is 1. The van der Waals surface area contributed by atoms with Crippen molar-refractivity contribution in [2.24, 2.45) is 4.99 Å². The van der Waals surface area contributed by atoms with Gasteiger partial charge in [-0.1, -0.05) is 30.3 Å².